The van der Waals surface area contributed by atoms with Gasteiger partial charge in [-0.25, -0.2) is 0 Å². The summed E-state index contributed by atoms with van der Waals surface area (Å²) in [5.41, 5.74) is 0.629. The van der Waals surface area contributed by atoms with E-state index in [4.69, 9.17) is 0 Å². The van der Waals surface area contributed by atoms with E-state index in [-0.39, 0.29) is 11.6 Å². The summed E-state index contributed by atoms with van der Waals surface area (Å²) in [5.74, 6) is -0.328. The van der Waals surface area contributed by atoms with E-state index in [9.17, 15) is 14.9 Å². The Balaban J connectivity index is 3.19. The molecule has 0 spiro atoms. The van der Waals surface area contributed by atoms with Crippen LogP contribution in [0.15, 0.2) is 22.7 Å². The maximum atomic E-state index is 10.5. The lowest BCUT2D eigenvalue weighted by Gasteiger charge is -2.04. The summed E-state index contributed by atoms with van der Waals surface area (Å²) in [4.78, 5) is 20.5. The lowest BCUT2D eigenvalue weighted by molar-refractivity contribution is -0.385. The van der Waals surface area contributed by atoms with Gasteiger partial charge < -0.3 is 4.79 Å². The van der Waals surface area contributed by atoms with Gasteiger partial charge in [0.15, 0.2) is 0 Å². The van der Waals surface area contributed by atoms with Crippen molar-refractivity contribution in [3.05, 3.63) is 38.3 Å². The second-order valence-electron chi connectivity index (χ2n) is 2.92. The molecule has 0 saturated carbocycles. The van der Waals surface area contributed by atoms with E-state index in [0.717, 1.165) is 6.29 Å². The molecule has 0 heterocycles. The Kier molecular flexibility index (Phi) is 3.35. The average molecular weight is 258 g/mol. The van der Waals surface area contributed by atoms with Crippen LogP contribution >= 0.6 is 15.9 Å². The molecule has 5 heteroatoms. The summed E-state index contributed by atoms with van der Waals surface area (Å²) in [6.07, 6.45) is 0.755. The fraction of sp³-hybridized carbons (Fsp3) is 0.222. The van der Waals surface area contributed by atoms with E-state index in [0.29, 0.717) is 10.0 Å². The van der Waals surface area contributed by atoms with Gasteiger partial charge in [-0.15, -0.1) is 0 Å². The summed E-state index contributed by atoms with van der Waals surface area (Å²) in [7, 11) is 0. The molecule has 14 heavy (non-hydrogen) atoms. The van der Waals surface area contributed by atoms with Gasteiger partial charge in [0.05, 0.1) is 4.92 Å². The van der Waals surface area contributed by atoms with Crippen LogP contribution in [0.3, 0.4) is 0 Å². The molecule has 0 saturated heterocycles. The highest BCUT2D eigenvalue weighted by molar-refractivity contribution is 9.10. The molecule has 0 aliphatic rings. The molecule has 1 unspecified atom stereocenters. The lowest BCUT2D eigenvalue weighted by Crippen LogP contribution is -1.96. The average Bonchev–Trinajstić information content (AvgIpc) is 2.15. The predicted octanol–water partition coefficient (Wildman–Crippen LogP) is 2.66. The molecule has 0 fully saturated rings. The first-order valence-corrected chi connectivity index (χ1v) is 4.74. The quantitative estimate of drug-likeness (QED) is 0.475. The first-order chi connectivity index (χ1) is 6.54. The van der Waals surface area contributed by atoms with Gasteiger partial charge >= 0.3 is 0 Å². The summed E-state index contributed by atoms with van der Waals surface area (Å²) >= 11 is 3.16. The van der Waals surface area contributed by atoms with Crippen molar-refractivity contribution in [2.24, 2.45) is 0 Å². The standard InChI is InChI=1S/C9H8BrNO3/c1-6(5-12)7-2-8(10)4-9(3-7)11(13)14/h2-6H,1H3. The fourth-order valence-electron chi connectivity index (χ4n) is 1.04. The van der Waals surface area contributed by atoms with Gasteiger partial charge in [-0.2, -0.15) is 0 Å². The third-order valence-electron chi connectivity index (χ3n) is 1.85. The molecule has 1 rings (SSSR count). The number of hydrogen-bond acceptors (Lipinski definition) is 3. The van der Waals surface area contributed by atoms with Gasteiger partial charge in [0.25, 0.3) is 5.69 Å². The number of non-ortho nitro benzene ring substituents is 1. The number of hydrogen-bond donors (Lipinski definition) is 0. The van der Waals surface area contributed by atoms with Crippen molar-refractivity contribution in [1.82, 2.24) is 0 Å². The number of nitro groups is 1. The summed E-state index contributed by atoms with van der Waals surface area (Å²) in [6, 6.07) is 4.51. The molecule has 0 aromatic heterocycles. The third-order valence-corrected chi connectivity index (χ3v) is 2.30. The van der Waals surface area contributed by atoms with Gasteiger partial charge in [-0.3, -0.25) is 10.1 Å². The van der Waals surface area contributed by atoms with Crippen molar-refractivity contribution in [2.45, 2.75) is 12.8 Å². The summed E-state index contributed by atoms with van der Waals surface area (Å²) < 4.78 is 0.607. The van der Waals surface area contributed by atoms with E-state index in [1.165, 1.54) is 12.1 Å². The number of rotatable bonds is 3. The Morgan fingerprint density at radius 3 is 2.64 bits per heavy atom. The number of aldehydes is 1. The molecular formula is C9H8BrNO3. The molecule has 1 atom stereocenters. The van der Waals surface area contributed by atoms with Gasteiger partial charge in [0.1, 0.15) is 6.29 Å². The number of carbonyl (C=O) groups is 1. The number of benzene rings is 1. The van der Waals surface area contributed by atoms with Gasteiger partial charge in [0, 0.05) is 22.5 Å². The van der Waals surface area contributed by atoms with Gasteiger partial charge in [-0.05, 0) is 11.6 Å². The fourth-order valence-corrected chi connectivity index (χ4v) is 1.54. The first-order valence-electron chi connectivity index (χ1n) is 3.94. The number of nitrogens with zero attached hydrogens (tertiary/aromatic N) is 1. The summed E-state index contributed by atoms with van der Waals surface area (Å²) in [5, 5.41) is 10.5. The van der Waals surface area contributed by atoms with Crippen molar-refractivity contribution in [2.75, 3.05) is 0 Å². The van der Waals surface area contributed by atoms with Crippen LogP contribution in [-0.2, 0) is 4.79 Å². The molecule has 0 aliphatic heterocycles. The van der Waals surface area contributed by atoms with Gasteiger partial charge in [-0.1, -0.05) is 22.9 Å². The van der Waals surface area contributed by atoms with Crippen LogP contribution in [0.5, 0.6) is 0 Å². The highest BCUT2D eigenvalue weighted by Crippen LogP contribution is 2.25. The van der Waals surface area contributed by atoms with Crippen LogP contribution in [0.25, 0.3) is 0 Å². The molecular weight excluding hydrogens is 250 g/mol. The predicted molar refractivity (Wildman–Crippen MR) is 55.3 cm³/mol. The molecule has 1 aromatic rings. The maximum absolute atomic E-state index is 10.5. The molecule has 0 N–H and O–H groups in total. The molecule has 0 radical (unpaired) electrons. The Morgan fingerprint density at radius 2 is 2.14 bits per heavy atom. The topological polar surface area (TPSA) is 60.2 Å². The molecule has 74 valence electrons. The van der Waals surface area contributed by atoms with E-state index in [2.05, 4.69) is 15.9 Å². The number of carbonyl (C=O) groups excluding carboxylic acids is 1. The number of halogens is 1. The zero-order chi connectivity index (χ0) is 10.7. The van der Waals surface area contributed by atoms with Crippen LogP contribution in [0, 0.1) is 10.1 Å². The van der Waals surface area contributed by atoms with Crippen molar-refractivity contribution in [1.29, 1.82) is 0 Å². The smallest absolute Gasteiger partial charge is 0.270 e. The first kappa shape index (κ1) is 10.8. The van der Waals surface area contributed by atoms with Crippen molar-refractivity contribution in [3.63, 3.8) is 0 Å². The summed E-state index contributed by atoms with van der Waals surface area (Å²) in [6.45, 7) is 1.69. The van der Waals surface area contributed by atoms with E-state index < -0.39 is 4.92 Å². The Labute approximate surface area is 89.2 Å². The van der Waals surface area contributed by atoms with E-state index >= 15 is 0 Å². The molecule has 4 nitrogen and oxygen atoms in total. The zero-order valence-electron chi connectivity index (χ0n) is 7.44. The minimum absolute atomic E-state index is 0.0110. The van der Waals surface area contributed by atoms with Crippen LogP contribution in [0.2, 0.25) is 0 Å². The SMILES string of the molecule is CC(C=O)c1cc(Br)cc([N+](=O)[O-])c1. The van der Waals surface area contributed by atoms with Crippen molar-refractivity contribution in [3.8, 4) is 0 Å². The maximum Gasteiger partial charge on any atom is 0.270 e. The normalized spacial score (nSPS) is 12.1. The van der Waals surface area contributed by atoms with Crippen LogP contribution in [-0.4, -0.2) is 11.2 Å². The molecule has 0 amide bonds. The Morgan fingerprint density at radius 1 is 1.50 bits per heavy atom. The highest BCUT2D eigenvalue weighted by atomic mass is 79.9. The minimum Gasteiger partial charge on any atom is -0.303 e. The molecule has 0 aliphatic carbocycles. The van der Waals surface area contributed by atoms with Crippen molar-refractivity contribution < 1.29 is 9.72 Å². The Hall–Kier alpha value is -1.23. The second-order valence-corrected chi connectivity index (χ2v) is 3.84. The van der Waals surface area contributed by atoms with E-state index in [1.807, 2.05) is 0 Å². The van der Waals surface area contributed by atoms with Crippen molar-refractivity contribution >= 4 is 27.9 Å². The van der Waals surface area contributed by atoms with Gasteiger partial charge in [0.2, 0.25) is 0 Å². The van der Waals surface area contributed by atoms with Crippen LogP contribution in [0.4, 0.5) is 5.69 Å². The van der Waals surface area contributed by atoms with Crippen LogP contribution < -0.4 is 0 Å². The number of nitro benzene ring substituents is 1. The largest absolute Gasteiger partial charge is 0.303 e. The second kappa shape index (κ2) is 4.32. The minimum atomic E-state index is -0.480. The molecule has 0 bridgehead atoms. The van der Waals surface area contributed by atoms with E-state index in [1.54, 1.807) is 13.0 Å². The van der Waals surface area contributed by atoms with Crippen LogP contribution in [0.1, 0.15) is 18.4 Å². The molecule has 1 aromatic carbocycles. The zero-order valence-corrected chi connectivity index (χ0v) is 9.02. The highest BCUT2D eigenvalue weighted by Gasteiger charge is 2.12. The monoisotopic (exact) mass is 257 g/mol. The third kappa shape index (κ3) is 2.38. The Bertz CT molecular complexity index is 378. The lowest BCUT2D eigenvalue weighted by atomic mass is 10.0.